The van der Waals surface area contributed by atoms with Gasteiger partial charge in [-0.15, -0.1) is 0 Å². The highest BCUT2D eigenvalue weighted by Gasteiger charge is 2.09. The molecule has 0 fully saturated rings. The minimum absolute atomic E-state index is 0.175. The summed E-state index contributed by atoms with van der Waals surface area (Å²) in [5.41, 5.74) is 1.65. The molecule has 2 aromatic rings. The average molecular weight is 269 g/mol. The molecule has 0 atom stereocenters. The van der Waals surface area contributed by atoms with Gasteiger partial charge in [-0.3, -0.25) is 0 Å². The van der Waals surface area contributed by atoms with E-state index in [1.54, 1.807) is 18.5 Å². The van der Waals surface area contributed by atoms with Crippen LogP contribution in [-0.2, 0) is 13.5 Å². The van der Waals surface area contributed by atoms with Crippen LogP contribution in [0.15, 0.2) is 35.2 Å². The summed E-state index contributed by atoms with van der Waals surface area (Å²) in [5.74, 6) is -0.175. The van der Waals surface area contributed by atoms with E-state index in [0.29, 0.717) is 12.0 Å². The van der Waals surface area contributed by atoms with E-state index in [2.05, 4.69) is 20.9 Å². The van der Waals surface area contributed by atoms with E-state index >= 15 is 0 Å². The number of nitrogens with zero attached hydrogens (tertiary/aromatic N) is 2. The molecule has 0 radical (unpaired) electrons. The predicted molar refractivity (Wildman–Crippen MR) is 60.1 cm³/mol. The zero-order chi connectivity index (χ0) is 10.8. The van der Waals surface area contributed by atoms with Gasteiger partial charge in [0.1, 0.15) is 10.4 Å². The van der Waals surface area contributed by atoms with E-state index in [-0.39, 0.29) is 5.82 Å². The van der Waals surface area contributed by atoms with Gasteiger partial charge in [0.25, 0.3) is 0 Å². The van der Waals surface area contributed by atoms with Gasteiger partial charge in [0.05, 0.1) is 12.0 Å². The van der Waals surface area contributed by atoms with E-state index in [1.165, 1.54) is 6.07 Å². The molecule has 0 aliphatic rings. The number of rotatable bonds is 2. The minimum Gasteiger partial charge on any atom is -0.336 e. The van der Waals surface area contributed by atoms with Crippen LogP contribution >= 0.6 is 15.9 Å². The number of halogens is 2. The third-order valence-electron chi connectivity index (χ3n) is 2.32. The molecular weight excluding hydrogens is 259 g/mol. The molecule has 4 heteroatoms. The van der Waals surface area contributed by atoms with E-state index in [0.717, 1.165) is 10.3 Å². The second-order valence-corrected chi connectivity index (χ2v) is 4.11. The van der Waals surface area contributed by atoms with Gasteiger partial charge < -0.3 is 4.57 Å². The maximum Gasteiger partial charge on any atom is 0.127 e. The first-order chi connectivity index (χ1) is 7.18. The number of hydrogen-bond acceptors (Lipinski definition) is 1. The lowest BCUT2D eigenvalue weighted by atomic mass is 10.1. The number of benzene rings is 1. The first kappa shape index (κ1) is 10.4. The zero-order valence-electron chi connectivity index (χ0n) is 8.24. The Hall–Kier alpha value is -1.16. The van der Waals surface area contributed by atoms with E-state index < -0.39 is 0 Å². The van der Waals surface area contributed by atoms with Gasteiger partial charge in [-0.2, -0.15) is 0 Å². The normalized spacial score (nSPS) is 10.6. The maximum atomic E-state index is 13.4. The van der Waals surface area contributed by atoms with Crippen molar-refractivity contribution in [3.05, 3.63) is 52.3 Å². The monoisotopic (exact) mass is 268 g/mol. The Morgan fingerprint density at radius 1 is 1.40 bits per heavy atom. The van der Waals surface area contributed by atoms with Crippen LogP contribution in [0.25, 0.3) is 0 Å². The van der Waals surface area contributed by atoms with Gasteiger partial charge in [0.2, 0.25) is 0 Å². The summed E-state index contributed by atoms with van der Waals surface area (Å²) in [6, 6.07) is 6.79. The number of imidazole rings is 1. The molecule has 0 aliphatic carbocycles. The number of aryl methyl sites for hydroxylation is 1. The molecule has 2 nitrogen and oxygen atoms in total. The lowest BCUT2D eigenvalue weighted by Gasteiger charge is -2.04. The van der Waals surface area contributed by atoms with Crippen LogP contribution in [0, 0.1) is 5.82 Å². The molecule has 78 valence electrons. The number of hydrogen-bond donors (Lipinski definition) is 0. The molecule has 0 N–H and O–H groups in total. The molecule has 0 unspecified atom stereocenters. The molecule has 15 heavy (non-hydrogen) atoms. The molecule has 0 bridgehead atoms. The molecule has 0 amide bonds. The van der Waals surface area contributed by atoms with Gasteiger partial charge in [0.15, 0.2) is 0 Å². The summed E-state index contributed by atoms with van der Waals surface area (Å²) in [5, 5.41) is 0. The first-order valence-electron chi connectivity index (χ1n) is 4.57. The maximum absolute atomic E-state index is 13.4. The zero-order valence-corrected chi connectivity index (χ0v) is 9.83. The van der Waals surface area contributed by atoms with Crippen molar-refractivity contribution in [2.75, 3.05) is 0 Å². The lowest BCUT2D eigenvalue weighted by molar-refractivity contribution is 0.611. The fourth-order valence-corrected chi connectivity index (χ4v) is 1.96. The van der Waals surface area contributed by atoms with Gasteiger partial charge in [0, 0.05) is 13.5 Å². The quantitative estimate of drug-likeness (QED) is 0.819. The van der Waals surface area contributed by atoms with E-state index in [9.17, 15) is 4.39 Å². The van der Waals surface area contributed by atoms with E-state index in [4.69, 9.17) is 0 Å². The Morgan fingerprint density at radius 3 is 2.73 bits per heavy atom. The summed E-state index contributed by atoms with van der Waals surface area (Å²) in [7, 11) is 1.90. The van der Waals surface area contributed by atoms with Crippen LogP contribution in [0.3, 0.4) is 0 Å². The largest absolute Gasteiger partial charge is 0.336 e. The van der Waals surface area contributed by atoms with Gasteiger partial charge in [-0.25, -0.2) is 9.37 Å². The predicted octanol–water partition coefficient (Wildman–Crippen LogP) is 2.91. The molecule has 1 aromatic heterocycles. The Morgan fingerprint density at radius 2 is 2.13 bits per heavy atom. The fourth-order valence-electron chi connectivity index (χ4n) is 1.45. The van der Waals surface area contributed by atoms with E-state index in [1.807, 2.05) is 17.7 Å². The molecule has 1 heterocycles. The second-order valence-electron chi connectivity index (χ2n) is 3.36. The Labute approximate surface area is 95.9 Å². The average Bonchev–Trinajstić information content (AvgIpc) is 2.53. The van der Waals surface area contributed by atoms with Crippen molar-refractivity contribution in [3.63, 3.8) is 0 Å². The Kier molecular flexibility index (Phi) is 2.86. The van der Waals surface area contributed by atoms with Crippen molar-refractivity contribution in [1.29, 1.82) is 0 Å². The number of aromatic nitrogens is 2. The first-order valence-corrected chi connectivity index (χ1v) is 5.37. The third kappa shape index (κ3) is 2.09. The summed E-state index contributed by atoms with van der Waals surface area (Å²) < 4.78 is 16.1. The highest BCUT2D eigenvalue weighted by atomic mass is 79.9. The van der Waals surface area contributed by atoms with Crippen LogP contribution in [-0.4, -0.2) is 9.55 Å². The Bertz CT molecular complexity index is 460. The summed E-state index contributed by atoms with van der Waals surface area (Å²) in [6.45, 7) is 0. The molecule has 0 saturated carbocycles. The lowest BCUT2D eigenvalue weighted by Crippen LogP contribution is -1.99. The van der Waals surface area contributed by atoms with Crippen LogP contribution in [0.4, 0.5) is 4.39 Å². The fraction of sp³-hybridized carbons (Fsp3) is 0.182. The van der Waals surface area contributed by atoms with Crippen LogP contribution in [0.1, 0.15) is 11.3 Å². The van der Waals surface area contributed by atoms with Crippen molar-refractivity contribution in [3.8, 4) is 0 Å². The smallest absolute Gasteiger partial charge is 0.127 e. The van der Waals surface area contributed by atoms with Crippen molar-refractivity contribution in [2.24, 2.45) is 7.05 Å². The van der Waals surface area contributed by atoms with Crippen molar-refractivity contribution in [2.45, 2.75) is 6.42 Å². The van der Waals surface area contributed by atoms with Crippen molar-refractivity contribution >= 4 is 15.9 Å². The summed E-state index contributed by atoms with van der Waals surface area (Å²) >= 11 is 3.34. The van der Waals surface area contributed by atoms with Crippen LogP contribution in [0.2, 0.25) is 0 Å². The second kappa shape index (κ2) is 4.14. The van der Waals surface area contributed by atoms with Gasteiger partial charge >= 0.3 is 0 Å². The molecule has 0 saturated heterocycles. The minimum atomic E-state index is -0.175. The van der Waals surface area contributed by atoms with Crippen LogP contribution < -0.4 is 0 Å². The highest BCUT2D eigenvalue weighted by Crippen LogP contribution is 2.19. The van der Waals surface area contributed by atoms with Crippen molar-refractivity contribution < 1.29 is 4.39 Å². The SMILES string of the molecule is Cn1cnc(Br)c1Cc1ccccc1F. The van der Waals surface area contributed by atoms with Gasteiger partial charge in [-0.05, 0) is 27.6 Å². The third-order valence-corrected chi connectivity index (χ3v) is 2.99. The standard InChI is InChI=1S/C11H10BrFN2/c1-15-7-14-11(12)10(15)6-8-4-2-3-5-9(8)13/h2-5,7H,6H2,1H3. The summed E-state index contributed by atoms with van der Waals surface area (Å²) in [6.07, 6.45) is 2.25. The van der Waals surface area contributed by atoms with Crippen molar-refractivity contribution in [1.82, 2.24) is 9.55 Å². The topological polar surface area (TPSA) is 17.8 Å². The molecule has 0 aliphatic heterocycles. The molecular formula is C11H10BrFN2. The molecule has 2 rings (SSSR count). The van der Waals surface area contributed by atoms with Crippen LogP contribution in [0.5, 0.6) is 0 Å². The molecule has 0 spiro atoms. The Balaban J connectivity index is 2.34. The molecule has 1 aromatic carbocycles. The highest BCUT2D eigenvalue weighted by molar-refractivity contribution is 9.10. The van der Waals surface area contributed by atoms with Gasteiger partial charge in [-0.1, -0.05) is 18.2 Å². The summed E-state index contributed by atoms with van der Waals surface area (Å²) in [4.78, 5) is 4.10.